The Bertz CT molecular complexity index is 184. The minimum atomic E-state index is -0.365. The number of ether oxygens (including phenoxy) is 2. The Morgan fingerprint density at radius 3 is 2.57 bits per heavy atom. The second-order valence-corrected chi connectivity index (χ2v) is 2.42. The van der Waals surface area contributed by atoms with Crippen molar-refractivity contribution in [2.45, 2.75) is 13.3 Å². The van der Waals surface area contributed by atoms with E-state index in [1.54, 1.807) is 6.92 Å². The van der Waals surface area contributed by atoms with E-state index in [0.29, 0.717) is 6.61 Å². The second-order valence-electron chi connectivity index (χ2n) is 2.42. The molecule has 0 aromatic carbocycles. The van der Waals surface area contributed by atoms with Gasteiger partial charge in [0.25, 0.3) is 0 Å². The summed E-state index contributed by atoms with van der Waals surface area (Å²) in [5, 5.41) is 4.89. The third-order valence-corrected chi connectivity index (χ3v) is 1.30. The molecule has 0 aliphatic heterocycles. The molecule has 0 rings (SSSR count). The van der Waals surface area contributed by atoms with Gasteiger partial charge in [0.15, 0.2) is 0 Å². The van der Waals surface area contributed by atoms with Crippen LogP contribution in [-0.2, 0) is 14.3 Å². The number of esters is 1. The molecule has 0 aliphatic carbocycles. The number of rotatable bonds is 6. The van der Waals surface area contributed by atoms with Crippen molar-refractivity contribution in [1.29, 1.82) is 0 Å². The Kier molecular flexibility index (Phi) is 7.53. The molecule has 0 bridgehead atoms. The average molecular weight is 204 g/mol. The predicted molar refractivity (Wildman–Crippen MR) is 49.7 cm³/mol. The number of methoxy groups -OCH3 is 1. The summed E-state index contributed by atoms with van der Waals surface area (Å²) < 4.78 is 9.28. The standard InChI is InChI=1S/C8H16N2O4/c1-3-14-7(11)4-5-9-8(12)10-6-13-2/h3-6H2,1-2H3,(H2,9,10,12). The van der Waals surface area contributed by atoms with Gasteiger partial charge in [-0.2, -0.15) is 0 Å². The molecular weight excluding hydrogens is 188 g/mol. The van der Waals surface area contributed by atoms with E-state index >= 15 is 0 Å². The van der Waals surface area contributed by atoms with Gasteiger partial charge in [-0.25, -0.2) is 4.79 Å². The lowest BCUT2D eigenvalue weighted by Crippen LogP contribution is -2.37. The van der Waals surface area contributed by atoms with Gasteiger partial charge >= 0.3 is 12.0 Å². The van der Waals surface area contributed by atoms with Gasteiger partial charge in [0.05, 0.1) is 13.0 Å². The number of urea groups is 1. The predicted octanol–water partition coefficient (Wildman–Crippen LogP) is -0.157. The summed E-state index contributed by atoms with van der Waals surface area (Å²) in [6.07, 6.45) is 0.175. The monoisotopic (exact) mass is 204 g/mol. The first-order valence-electron chi connectivity index (χ1n) is 4.37. The summed E-state index contributed by atoms with van der Waals surface area (Å²) in [6.45, 7) is 2.49. The third-order valence-electron chi connectivity index (χ3n) is 1.30. The highest BCUT2D eigenvalue weighted by Gasteiger charge is 2.02. The van der Waals surface area contributed by atoms with Crippen LogP contribution in [0.25, 0.3) is 0 Å². The van der Waals surface area contributed by atoms with Crippen molar-refractivity contribution in [2.75, 3.05) is 27.0 Å². The van der Waals surface area contributed by atoms with Crippen LogP contribution in [0.3, 0.4) is 0 Å². The van der Waals surface area contributed by atoms with E-state index in [4.69, 9.17) is 0 Å². The average Bonchev–Trinajstić information content (AvgIpc) is 2.15. The van der Waals surface area contributed by atoms with Crippen molar-refractivity contribution in [3.05, 3.63) is 0 Å². The molecule has 0 radical (unpaired) electrons. The van der Waals surface area contributed by atoms with Crippen molar-refractivity contribution in [3.8, 4) is 0 Å². The Morgan fingerprint density at radius 2 is 2.00 bits per heavy atom. The van der Waals surface area contributed by atoms with Gasteiger partial charge in [-0.1, -0.05) is 0 Å². The number of hydrogen-bond donors (Lipinski definition) is 2. The molecule has 6 nitrogen and oxygen atoms in total. The first-order chi connectivity index (χ1) is 6.70. The molecular formula is C8H16N2O4. The van der Waals surface area contributed by atoms with Crippen molar-refractivity contribution < 1.29 is 19.1 Å². The van der Waals surface area contributed by atoms with Gasteiger partial charge in [-0.3, -0.25) is 4.79 Å². The summed E-state index contributed by atoms with van der Waals surface area (Å²) >= 11 is 0. The maximum absolute atomic E-state index is 10.9. The van der Waals surface area contributed by atoms with Gasteiger partial charge in [0, 0.05) is 13.7 Å². The van der Waals surface area contributed by atoms with E-state index in [-0.39, 0.29) is 31.7 Å². The van der Waals surface area contributed by atoms with Crippen LogP contribution in [-0.4, -0.2) is 39.0 Å². The van der Waals surface area contributed by atoms with Crippen LogP contribution in [0.15, 0.2) is 0 Å². The molecule has 0 saturated carbocycles. The lowest BCUT2D eigenvalue weighted by molar-refractivity contribution is -0.142. The van der Waals surface area contributed by atoms with Crippen molar-refractivity contribution in [2.24, 2.45) is 0 Å². The van der Waals surface area contributed by atoms with E-state index in [2.05, 4.69) is 20.1 Å². The van der Waals surface area contributed by atoms with Crippen LogP contribution < -0.4 is 10.6 Å². The normalized spacial score (nSPS) is 9.29. The zero-order valence-corrected chi connectivity index (χ0v) is 8.46. The highest BCUT2D eigenvalue weighted by molar-refractivity contribution is 5.75. The van der Waals surface area contributed by atoms with E-state index in [1.165, 1.54) is 7.11 Å². The first-order valence-corrected chi connectivity index (χ1v) is 4.37. The van der Waals surface area contributed by atoms with Crippen LogP contribution >= 0.6 is 0 Å². The fourth-order valence-corrected chi connectivity index (χ4v) is 0.711. The summed E-state index contributed by atoms with van der Waals surface area (Å²) in [4.78, 5) is 21.7. The number of carbonyl (C=O) groups is 2. The smallest absolute Gasteiger partial charge is 0.316 e. The molecule has 0 heterocycles. The molecule has 2 N–H and O–H groups in total. The molecule has 0 aromatic heterocycles. The summed E-state index contributed by atoms with van der Waals surface area (Å²) in [5.41, 5.74) is 0. The van der Waals surface area contributed by atoms with Gasteiger partial charge in [0.2, 0.25) is 0 Å². The van der Waals surface area contributed by atoms with Crippen LogP contribution in [0.1, 0.15) is 13.3 Å². The summed E-state index contributed by atoms with van der Waals surface area (Å²) in [6, 6.07) is -0.365. The molecule has 2 amide bonds. The van der Waals surface area contributed by atoms with Crippen molar-refractivity contribution in [1.82, 2.24) is 10.6 Å². The summed E-state index contributed by atoms with van der Waals surface area (Å²) in [5.74, 6) is -0.320. The fourth-order valence-electron chi connectivity index (χ4n) is 0.711. The Balaban J connectivity index is 3.34. The third kappa shape index (κ3) is 7.35. The quantitative estimate of drug-likeness (QED) is 0.465. The Hall–Kier alpha value is -1.30. The Morgan fingerprint density at radius 1 is 1.29 bits per heavy atom. The first kappa shape index (κ1) is 12.7. The molecule has 0 atom stereocenters. The fraction of sp³-hybridized carbons (Fsp3) is 0.750. The molecule has 0 saturated heterocycles. The largest absolute Gasteiger partial charge is 0.466 e. The van der Waals surface area contributed by atoms with Crippen molar-refractivity contribution in [3.63, 3.8) is 0 Å². The zero-order valence-electron chi connectivity index (χ0n) is 8.46. The summed E-state index contributed by atoms with van der Waals surface area (Å²) in [7, 11) is 1.47. The Labute approximate surface area is 82.9 Å². The van der Waals surface area contributed by atoms with E-state index in [1.807, 2.05) is 0 Å². The van der Waals surface area contributed by atoms with Crippen LogP contribution in [0, 0.1) is 0 Å². The van der Waals surface area contributed by atoms with Crippen LogP contribution in [0.2, 0.25) is 0 Å². The topological polar surface area (TPSA) is 76.7 Å². The highest BCUT2D eigenvalue weighted by Crippen LogP contribution is 1.83. The zero-order chi connectivity index (χ0) is 10.8. The number of nitrogens with one attached hydrogen (secondary N) is 2. The van der Waals surface area contributed by atoms with Crippen LogP contribution in [0.5, 0.6) is 0 Å². The van der Waals surface area contributed by atoms with Gasteiger partial charge in [-0.15, -0.1) is 0 Å². The maximum Gasteiger partial charge on any atom is 0.316 e. The molecule has 0 aromatic rings. The number of hydrogen-bond acceptors (Lipinski definition) is 4. The molecule has 82 valence electrons. The molecule has 0 fully saturated rings. The van der Waals surface area contributed by atoms with Crippen molar-refractivity contribution >= 4 is 12.0 Å². The van der Waals surface area contributed by atoms with Gasteiger partial charge in [0.1, 0.15) is 6.73 Å². The SMILES string of the molecule is CCOC(=O)CCNC(=O)NCOC. The minimum absolute atomic E-state index is 0.144. The molecule has 0 spiro atoms. The molecule has 6 heteroatoms. The highest BCUT2D eigenvalue weighted by atomic mass is 16.5. The van der Waals surface area contributed by atoms with Gasteiger partial charge in [-0.05, 0) is 6.92 Å². The molecule has 0 aliphatic rings. The van der Waals surface area contributed by atoms with Crippen LogP contribution in [0.4, 0.5) is 4.79 Å². The van der Waals surface area contributed by atoms with E-state index in [9.17, 15) is 9.59 Å². The number of amides is 2. The minimum Gasteiger partial charge on any atom is -0.466 e. The number of carbonyl (C=O) groups excluding carboxylic acids is 2. The maximum atomic E-state index is 10.9. The lowest BCUT2D eigenvalue weighted by Gasteiger charge is -2.05. The molecule has 0 unspecified atom stereocenters. The van der Waals surface area contributed by atoms with Gasteiger partial charge < -0.3 is 20.1 Å². The van der Waals surface area contributed by atoms with E-state index in [0.717, 1.165) is 0 Å². The van der Waals surface area contributed by atoms with E-state index < -0.39 is 0 Å². The molecule has 14 heavy (non-hydrogen) atoms. The lowest BCUT2D eigenvalue weighted by atomic mass is 10.4. The second kappa shape index (κ2) is 8.31.